The zero-order valence-electron chi connectivity index (χ0n) is 11.8. The zero-order chi connectivity index (χ0) is 16.6. The van der Waals surface area contributed by atoms with Gasteiger partial charge in [0.05, 0.1) is 12.7 Å². The molecule has 10 atom stereocenters. The molecule has 10 heteroatoms. The van der Waals surface area contributed by atoms with Gasteiger partial charge in [0.1, 0.15) is 42.7 Å². The monoisotopic (exact) mass is 326 g/mol. The smallest absolute Gasteiger partial charge is 0.187 e. The topological polar surface area (TPSA) is 169 Å². The molecule has 22 heavy (non-hydrogen) atoms. The maximum Gasteiger partial charge on any atom is 0.187 e. The Hall–Kier alpha value is -0.400. The molecule has 0 saturated carbocycles. The summed E-state index contributed by atoms with van der Waals surface area (Å²) in [6, 6.07) is 0. The average Bonchev–Trinajstić information content (AvgIpc) is 2.49. The maximum atomic E-state index is 9.92. The highest BCUT2D eigenvalue weighted by Crippen LogP contribution is 2.28. The Kier molecular flexibility index (Phi) is 5.72. The van der Waals surface area contributed by atoms with Gasteiger partial charge in [-0.1, -0.05) is 0 Å². The molecule has 7 N–H and O–H groups in total. The average molecular weight is 326 g/mol. The molecule has 2 rings (SSSR count). The molecule has 0 bridgehead atoms. The fraction of sp³-hybridized carbons (Fsp3) is 1.00. The van der Waals surface area contributed by atoms with Gasteiger partial charge >= 0.3 is 0 Å². The molecule has 2 heterocycles. The number of aliphatic hydroxyl groups is 7. The molecular weight excluding hydrogens is 304 g/mol. The Balaban J connectivity index is 2.08. The standard InChI is InChI=1S/C12H22O10/c1-3-5(14)8(17)10(11(19)20-3)22-12-9(18)7(16)6(15)4(2-13)21-12/h3-19H,2H2,1H3/t3-,4+,5-,6-,7+,8+,9+,10-,11+,12-/m1/s1. The first kappa shape index (κ1) is 17.9. The molecule has 2 fully saturated rings. The Labute approximate surface area is 126 Å². The molecule has 0 amide bonds. The number of ether oxygens (including phenoxy) is 3. The summed E-state index contributed by atoms with van der Waals surface area (Å²) in [6.07, 6.45) is -14.4. The zero-order valence-corrected chi connectivity index (χ0v) is 11.8. The summed E-state index contributed by atoms with van der Waals surface area (Å²) >= 11 is 0. The van der Waals surface area contributed by atoms with E-state index in [1.165, 1.54) is 6.92 Å². The number of hydrogen-bond acceptors (Lipinski definition) is 10. The highest BCUT2D eigenvalue weighted by Gasteiger charge is 2.49. The summed E-state index contributed by atoms with van der Waals surface area (Å²) < 4.78 is 15.3. The van der Waals surface area contributed by atoms with Gasteiger partial charge in [-0.3, -0.25) is 0 Å². The molecule has 0 aromatic carbocycles. The van der Waals surface area contributed by atoms with Crippen LogP contribution in [-0.4, -0.2) is 104 Å². The second kappa shape index (κ2) is 7.01. The molecule has 0 aromatic rings. The third-order valence-corrected chi connectivity index (χ3v) is 3.94. The van der Waals surface area contributed by atoms with E-state index >= 15 is 0 Å². The van der Waals surface area contributed by atoms with Crippen molar-refractivity contribution in [1.82, 2.24) is 0 Å². The van der Waals surface area contributed by atoms with E-state index in [0.29, 0.717) is 0 Å². The van der Waals surface area contributed by atoms with E-state index in [9.17, 15) is 30.6 Å². The van der Waals surface area contributed by atoms with Gasteiger partial charge in [0, 0.05) is 0 Å². The van der Waals surface area contributed by atoms with Crippen molar-refractivity contribution in [2.45, 2.75) is 68.3 Å². The Bertz CT molecular complexity index is 366. The number of aliphatic hydroxyl groups excluding tert-OH is 7. The van der Waals surface area contributed by atoms with Gasteiger partial charge in [-0.15, -0.1) is 0 Å². The van der Waals surface area contributed by atoms with Crippen molar-refractivity contribution < 1.29 is 50.0 Å². The van der Waals surface area contributed by atoms with Crippen molar-refractivity contribution >= 4 is 0 Å². The number of hydrogen-bond donors (Lipinski definition) is 7. The first-order valence-electron chi connectivity index (χ1n) is 6.93. The van der Waals surface area contributed by atoms with Crippen molar-refractivity contribution in [2.24, 2.45) is 0 Å². The van der Waals surface area contributed by atoms with Crippen molar-refractivity contribution in [2.75, 3.05) is 6.61 Å². The van der Waals surface area contributed by atoms with Crippen LogP contribution in [0.5, 0.6) is 0 Å². The normalized spacial score (nSPS) is 53.5. The predicted octanol–water partition coefficient (Wildman–Crippen LogP) is -4.37. The van der Waals surface area contributed by atoms with Crippen LogP contribution in [0.15, 0.2) is 0 Å². The van der Waals surface area contributed by atoms with Crippen LogP contribution < -0.4 is 0 Å². The molecule has 0 aromatic heterocycles. The van der Waals surface area contributed by atoms with Crippen LogP contribution in [0.1, 0.15) is 6.92 Å². The summed E-state index contributed by atoms with van der Waals surface area (Å²) in [6.45, 7) is 0.803. The fourth-order valence-electron chi connectivity index (χ4n) is 2.50. The summed E-state index contributed by atoms with van der Waals surface area (Å²) in [4.78, 5) is 0. The van der Waals surface area contributed by atoms with E-state index in [1.807, 2.05) is 0 Å². The molecule has 0 unspecified atom stereocenters. The van der Waals surface area contributed by atoms with Crippen LogP contribution in [0.3, 0.4) is 0 Å². The molecule has 2 aliphatic heterocycles. The molecule has 130 valence electrons. The summed E-state index contributed by atoms with van der Waals surface area (Å²) in [5.74, 6) is 0. The highest BCUT2D eigenvalue weighted by molar-refractivity contribution is 4.92. The van der Waals surface area contributed by atoms with Crippen molar-refractivity contribution in [3.63, 3.8) is 0 Å². The third kappa shape index (κ3) is 3.26. The van der Waals surface area contributed by atoms with E-state index in [4.69, 9.17) is 19.3 Å². The van der Waals surface area contributed by atoms with Crippen LogP contribution in [0.25, 0.3) is 0 Å². The second-order valence-electron chi connectivity index (χ2n) is 5.51. The first-order chi connectivity index (χ1) is 10.3. The largest absolute Gasteiger partial charge is 0.394 e. The molecule has 0 spiro atoms. The maximum absolute atomic E-state index is 9.92. The first-order valence-corrected chi connectivity index (χ1v) is 6.93. The van der Waals surface area contributed by atoms with E-state index in [1.54, 1.807) is 0 Å². The Morgan fingerprint density at radius 1 is 0.818 bits per heavy atom. The van der Waals surface area contributed by atoms with Crippen LogP contribution in [0.4, 0.5) is 0 Å². The van der Waals surface area contributed by atoms with Crippen molar-refractivity contribution in [3.05, 3.63) is 0 Å². The van der Waals surface area contributed by atoms with Crippen LogP contribution >= 0.6 is 0 Å². The fourth-order valence-corrected chi connectivity index (χ4v) is 2.50. The van der Waals surface area contributed by atoms with Gasteiger partial charge < -0.3 is 50.0 Å². The van der Waals surface area contributed by atoms with Crippen LogP contribution in [-0.2, 0) is 14.2 Å². The minimum atomic E-state index is -1.69. The lowest BCUT2D eigenvalue weighted by Gasteiger charge is -2.44. The lowest BCUT2D eigenvalue weighted by molar-refractivity contribution is -0.359. The van der Waals surface area contributed by atoms with E-state index in [0.717, 1.165) is 0 Å². The van der Waals surface area contributed by atoms with Gasteiger partial charge in [-0.25, -0.2) is 0 Å². The van der Waals surface area contributed by atoms with Crippen molar-refractivity contribution in [3.8, 4) is 0 Å². The predicted molar refractivity (Wildman–Crippen MR) is 67.2 cm³/mol. The third-order valence-electron chi connectivity index (χ3n) is 3.94. The Morgan fingerprint density at radius 3 is 2.05 bits per heavy atom. The van der Waals surface area contributed by atoms with E-state index in [-0.39, 0.29) is 0 Å². The minimum absolute atomic E-state index is 0.642. The summed E-state index contributed by atoms with van der Waals surface area (Å²) in [5, 5.41) is 67.6. The minimum Gasteiger partial charge on any atom is -0.394 e. The highest BCUT2D eigenvalue weighted by atomic mass is 16.7. The lowest BCUT2D eigenvalue weighted by Crippen LogP contribution is -2.63. The van der Waals surface area contributed by atoms with Gasteiger partial charge in [0.15, 0.2) is 12.6 Å². The van der Waals surface area contributed by atoms with E-state index < -0.39 is 68.0 Å². The lowest BCUT2D eigenvalue weighted by atomic mass is 9.98. The Morgan fingerprint density at radius 2 is 1.45 bits per heavy atom. The van der Waals surface area contributed by atoms with Gasteiger partial charge in [-0.2, -0.15) is 0 Å². The molecule has 0 aliphatic carbocycles. The molecule has 0 radical (unpaired) electrons. The molecule has 10 nitrogen and oxygen atoms in total. The number of rotatable bonds is 3. The molecule has 2 saturated heterocycles. The van der Waals surface area contributed by atoms with Gasteiger partial charge in [-0.05, 0) is 6.92 Å². The quantitative estimate of drug-likeness (QED) is 0.269. The van der Waals surface area contributed by atoms with E-state index in [2.05, 4.69) is 0 Å². The SMILES string of the molecule is C[C@H]1O[C@H](O)[C@H](O[C@H]2O[C@@H](CO)[C@@H](O)[C@H](O)[C@@H]2O)[C@@H](O)[C@@H]1O. The van der Waals surface area contributed by atoms with Crippen molar-refractivity contribution in [1.29, 1.82) is 0 Å². The summed E-state index contributed by atoms with van der Waals surface area (Å²) in [7, 11) is 0. The van der Waals surface area contributed by atoms with Gasteiger partial charge in [0.2, 0.25) is 0 Å². The molecular formula is C12H22O10. The van der Waals surface area contributed by atoms with Crippen LogP contribution in [0.2, 0.25) is 0 Å². The second-order valence-corrected chi connectivity index (χ2v) is 5.51. The summed E-state index contributed by atoms with van der Waals surface area (Å²) in [5.41, 5.74) is 0. The van der Waals surface area contributed by atoms with Crippen LogP contribution in [0, 0.1) is 0 Å². The molecule has 2 aliphatic rings. The van der Waals surface area contributed by atoms with Gasteiger partial charge in [0.25, 0.3) is 0 Å².